The fourth-order valence-corrected chi connectivity index (χ4v) is 5.32. The molecule has 6 heteroatoms. The van der Waals surface area contributed by atoms with Crippen LogP contribution in [0.5, 0.6) is 5.75 Å². The van der Waals surface area contributed by atoms with E-state index >= 15 is 0 Å². The Bertz CT molecular complexity index is 977. The van der Waals surface area contributed by atoms with Gasteiger partial charge in [0.15, 0.2) is 0 Å². The summed E-state index contributed by atoms with van der Waals surface area (Å²) in [6.07, 6.45) is 6.16. The third kappa shape index (κ3) is 3.39. The van der Waals surface area contributed by atoms with Gasteiger partial charge in [0, 0.05) is 35.6 Å². The molecule has 2 aliphatic rings. The van der Waals surface area contributed by atoms with E-state index in [4.69, 9.17) is 14.2 Å². The molecule has 0 spiro atoms. The molecule has 1 fully saturated rings. The van der Waals surface area contributed by atoms with Crippen molar-refractivity contribution in [2.45, 2.75) is 25.3 Å². The van der Waals surface area contributed by atoms with Gasteiger partial charge >= 0.3 is 5.97 Å². The number of H-pyrrole nitrogens is 1. The first-order chi connectivity index (χ1) is 14.6. The molecule has 160 valence electrons. The van der Waals surface area contributed by atoms with Crippen molar-refractivity contribution in [3.63, 3.8) is 0 Å². The average Bonchev–Trinajstić information content (AvgIpc) is 3.16. The highest BCUT2D eigenvalue weighted by molar-refractivity contribution is 5.91. The van der Waals surface area contributed by atoms with E-state index in [1.807, 2.05) is 18.2 Å². The maximum absolute atomic E-state index is 12.5. The number of piperidine rings is 1. The number of aromatic nitrogens is 1. The largest absolute Gasteiger partial charge is 0.504 e. The van der Waals surface area contributed by atoms with Gasteiger partial charge in [0.25, 0.3) is 0 Å². The molecule has 1 aromatic heterocycles. The maximum Gasteiger partial charge on any atom is 0.337 e. The van der Waals surface area contributed by atoms with Crippen LogP contribution in [0.15, 0.2) is 42.7 Å². The smallest absolute Gasteiger partial charge is 0.337 e. The van der Waals surface area contributed by atoms with Gasteiger partial charge in [0.1, 0.15) is 5.75 Å². The Kier molecular flexibility index (Phi) is 5.86. The second kappa shape index (κ2) is 8.56. The zero-order chi connectivity index (χ0) is 21.3. The van der Waals surface area contributed by atoms with E-state index < -0.39 is 0 Å². The lowest BCUT2D eigenvalue weighted by Crippen LogP contribution is -2.47. The summed E-state index contributed by atoms with van der Waals surface area (Å²) in [5, 5.41) is 1.18. The zero-order valence-corrected chi connectivity index (χ0v) is 17.9. The lowest BCUT2D eigenvalue weighted by molar-refractivity contribution is -0.137. The number of nitrogens with one attached hydrogen (secondary N) is 1. The molecule has 1 N–H and O–H groups in total. The number of fused-ring (bicyclic) bond motifs is 5. The van der Waals surface area contributed by atoms with Crippen LogP contribution in [0.2, 0.25) is 0 Å². The third-order valence-electron chi connectivity index (χ3n) is 6.62. The first kappa shape index (κ1) is 20.5. The number of aromatic amines is 1. The van der Waals surface area contributed by atoms with Crippen LogP contribution in [-0.2, 0) is 20.7 Å². The van der Waals surface area contributed by atoms with E-state index in [2.05, 4.69) is 22.5 Å². The van der Waals surface area contributed by atoms with E-state index in [9.17, 15) is 4.79 Å². The molecule has 0 saturated carbocycles. The van der Waals surface area contributed by atoms with Gasteiger partial charge in [-0.15, -0.1) is 6.58 Å². The summed E-state index contributed by atoms with van der Waals surface area (Å²) in [7, 11) is 4.72. The fourth-order valence-electron chi connectivity index (χ4n) is 5.32. The zero-order valence-electron chi connectivity index (χ0n) is 17.9. The van der Waals surface area contributed by atoms with E-state index in [0.29, 0.717) is 11.5 Å². The molecule has 0 bridgehead atoms. The number of methoxy groups -OCH3 is 3. The Morgan fingerprint density at radius 3 is 2.87 bits per heavy atom. The fraction of sp³-hybridized carbons (Fsp3) is 0.458. The number of hydrogen-bond donors (Lipinski definition) is 1. The standard InChI is InChI=1S/C24H30N2O4/c1-5-7-15-13-26-11-10-16-22-19(8-6-9-21(22)29-3)25-23(16)20(26)12-17(15)18(14-28-2)24(27)30-4/h5-6,8-9,14-15,17,20,25H,1,7,10-13H2,2-4H3/b18-14+/t15-,17+,20+/m1/s1. The summed E-state index contributed by atoms with van der Waals surface area (Å²) >= 11 is 0. The normalized spacial score (nSPS) is 24.1. The Balaban J connectivity index is 1.76. The Labute approximate surface area is 177 Å². The van der Waals surface area contributed by atoms with Gasteiger partial charge in [-0.1, -0.05) is 12.1 Å². The molecule has 4 rings (SSSR count). The average molecular weight is 411 g/mol. The number of carbonyl (C=O) groups excluding carboxylic acids is 1. The van der Waals surface area contributed by atoms with Crippen LogP contribution >= 0.6 is 0 Å². The van der Waals surface area contributed by atoms with Gasteiger partial charge in [0.2, 0.25) is 0 Å². The first-order valence-corrected chi connectivity index (χ1v) is 10.5. The van der Waals surface area contributed by atoms with Crippen molar-refractivity contribution in [2.75, 3.05) is 34.4 Å². The minimum absolute atomic E-state index is 0.0379. The predicted octanol–water partition coefficient (Wildman–Crippen LogP) is 3.99. The van der Waals surface area contributed by atoms with Crippen LogP contribution in [0.3, 0.4) is 0 Å². The lowest BCUT2D eigenvalue weighted by atomic mass is 9.74. The molecule has 1 saturated heterocycles. The lowest BCUT2D eigenvalue weighted by Gasteiger charge is -2.46. The van der Waals surface area contributed by atoms with Crippen LogP contribution in [-0.4, -0.2) is 50.3 Å². The van der Waals surface area contributed by atoms with Gasteiger partial charge < -0.3 is 19.2 Å². The second-order valence-corrected chi connectivity index (χ2v) is 8.09. The predicted molar refractivity (Wildman–Crippen MR) is 116 cm³/mol. The number of rotatable bonds is 6. The van der Waals surface area contributed by atoms with E-state index in [0.717, 1.165) is 43.6 Å². The highest BCUT2D eigenvalue weighted by Gasteiger charge is 2.42. The van der Waals surface area contributed by atoms with Gasteiger partial charge in [-0.3, -0.25) is 4.90 Å². The second-order valence-electron chi connectivity index (χ2n) is 8.09. The Morgan fingerprint density at radius 1 is 1.33 bits per heavy atom. The van der Waals surface area contributed by atoms with Crippen LogP contribution < -0.4 is 4.74 Å². The maximum atomic E-state index is 12.5. The summed E-state index contributed by atoms with van der Waals surface area (Å²) < 4.78 is 16.0. The van der Waals surface area contributed by atoms with Crippen molar-refractivity contribution in [2.24, 2.45) is 11.8 Å². The van der Waals surface area contributed by atoms with Gasteiger partial charge in [0.05, 0.1) is 39.2 Å². The summed E-state index contributed by atoms with van der Waals surface area (Å²) in [5.74, 6) is 0.916. The Hall–Kier alpha value is -2.73. The molecule has 2 aromatic rings. The van der Waals surface area contributed by atoms with Crippen molar-refractivity contribution < 1.29 is 19.0 Å². The summed E-state index contributed by atoms with van der Waals surface area (Å²) in [4.78, 5) is 18.7. The molecule has 1 aromatic carbocycles. The van der Waals surface area contributed by atoms with Crippen LogP contribution in [0.4, 0.5) is 0 Å². The van der Waals surface area contributed by atoms with Crippen LogP contribution in [0.1, 0.15) is 30.1 Å². The van der Waals surface area contributed by atoms with E-state index in [-0.39, 0.29) is 17.9 Å². The molecule has 2 aliphatic heterocycles. The molecule has 6 nitrogen and oxygen atoms in total. The number of nitrogens with zero attached hydrogens (tertiary/aromatic N) is 1. The van der Waals surface area contributed by atoms with Crippen molar-refractivity contribution in [3.05, 3.63) is 53.9 Å². The minimum atomic E-state index is -0.321. The highest BCUT2D eigenvalue weighted by atomic mass is 16.5. The number of esters is 1. The molecule has 3 atom stereocenters. The quantitative estimate of drug-likeness (QED) is 0.338. The molecular formula is C24H30N2O4. The molecule has 0 aliphatic carbocycles. The summed E-state index contributed by atoms with van der Waals surface area (Å²) in [5.41, 5.74) is 4.28. The van der Waals surface area contributed by atoms with Crippen molar-refractivity contribution >= 4 is 16.9 Å². The van der Waals surface area contributed by atoms with Gasteiger partial charge in [-0.05, 0) is 42.9 Å². The molecule has 0 amide bonds. The molecular weight excluding hydrogens is 380 g/mol. The number of benzene rings is 1. The summed E-state index contributed by atoms with van der Waals surface area (Å²) in [6.45, 7) is 5.84. The highest BCUT2D eigenvalue weighted by Crippen LogP contribution is 2.47. The molecule has 0 radical (unpaired) electrons. The molecule has 3 heterocycles. The molecule has 30 heavy (non-hydrogen) atoms. The van der Waals surface area contributed by atoms with Crippen LogP contribution in [0, 0.1) is 11.8 Å². The van der Waals surface area contributed by atoms with Crippen molar-refractivity contribution in [3.8, 4) is 5.75 Å². The number of hydrogen-bond acceptors (Lipinski definition) is 5. The van der Waals surface area contributed by atoms with Crippen molar-refractivity contribution in [1.82, 2.24) is 9.88 Å². The monoisotopic (exact) mass is 410 g/mol. The number of allylic oxidation sites excluding steroid dienone is 1. The van der Waals surface area contributed by atoms with E-state index in [1.165, 1.54) is 23.8 Å². The van der Waals surface area contributed by atoms with Gasteiger partial charge in [-0.2, -0.15) is 0 Å². The molecule has 0 unspecified atom stereocenters. The van der Waals surface area contributed by atoms with Gasteiger partial charge in [-0.25, -0.2) is 4.79 Å². The number of carbonyl (C=O) groups is 1. The third-order valence-corrected chi connectivity index (χ3v) is 6.62. The SMILES string of the molecule is C=CC[C@@H]1CN2CCc3c([nH]c4cccc(OC)c34)[C@@H]2C[C@@H]1/C(=C\OC)C(=O)OC. The van der Waals surface area contributed by atoms with E-state index in [1.54, 1.807) is 20.5 Å². The Morgan fingerprint density at radius 2 is 2.17 bits per heavy atom. The first-order valence-electron chi connectivity index (χ1n) is 10.5. The van der Waals surface area contributed by atoms with Crippen LogP contribution in [0.25, 0.3) is 10.9 Å². The topological polar surface area (TPSA) is 63.8 Å². The summed E-state index contributed by atoms with van der Waals surface area (Å²) in [6, 6.07) is 6.35. The minimum Gasteiger partial charge on any atom is -0.504 e. The van der Waals surface area contributed by atoms with Crippen molar-refractivity contribution in [1.29, 1.82) is 0 Å². The number of ether oxygens (including phenoxy) is 3.